The van der Waals surface area contributed by atoms with Crippen molar-refractivity contribution in [2.24, 2.45) is 0 Å². The van der Waals surface area contributed by atoms with E-state index in [-0.39, 0.29) is 18.1 Å². The van der Waals surface area contributed by atoms with E-state index in [4.69, 9.17) is 0 Å². The number of nitrogens with zero attached hydrogens (tertiary/aromatic N) is 3. The summed E-state index contributed by atoms with van der Waals surface area (Å²) >= 11 is 1.58. The van der Waals surface area contributed by atoms with Crippen molar-refractivity contribution in [2.45, 2.75) is 33.0 Å². The van der Waals surface area contributed by atoms with Gasteiger partial charge in [-0.2, -0.15) is 5.10 Å². The van der Waals surface area contributed by atoms with E-state index in [1.54, 1.807) is 22.8 Å². The van der Waals surface area contributed by atoms with Crippen LogP contribution in [0.25, 0.3) is 0 Å². The van der Waals surface area contributed by atoms with Gasteiger partial charge in [0.2, 0.25) is 5.91 Å². The summed E-state index contributed by atoms with van der Waals surface area (Å²) in [6, 6.07) is 13.9. The minimum atomic E-state index is -0.250. The molecule has 0 atom stereocenters. The lowest BCUT2D eigenvalue weighted by atomic mass is 10.1. The van der Waals surface area contributed by atoms with Crippen LogP contribution < -0.4 is 11.0 Å². The SMILES string of the molecule is Cc1nn(CC(=O)NCc2cccs2)c(=O)n1CCc1ccccc1. The fraction of sp³-hybridized carbons (Fsp3) is 0.278. The summed E-state index contributed by atoms with van der Waals surface area (Å²) in [4.78, 5) is 25.6. The molecule has 0 aliphatic heterocycles. The van der Waals surface area contributed by atoms with Gasteiger partial charge in [0.05, 0.1) is 6.54 Å². The predicted molar refractivity (Wildman–Crippen MR) is 97.5 cm³/mol. The molecule has 1 amide bonds. The molecule has 7 heteroatoms. The van der Waals surface area contributed by atoms with Crippen molar-refractivity contribution in [3.05, 3.63) is 74.6 Å². The lowest BCUT2D eigenvalue weighted by Gasteiger charge is -2.04. The van der Waals surface area contributed by atoms with Crippen LogP contribution in [0.15, 0.2) is 52.6 Å². The van der Waals surface area contributed by atoms with Gasteiger partial charge in [-0.25, -0.2) is 9.48 Å². The number of carbonyl (C=O) groups is 1. The highest BCUT2D eigenvalue weighted by atomic mass is 32.1. The summed E-state index contributed by atoms with van der Waals surface area (Å²) in [7, 11) is 0. The first kappa shape index (κ1) is 17.2. The second-order valence-electron chi connectivity index (χ2n) is 5.73. The number of hydrogen-bond donors (Lipinski definition) is 1. The molecule has 0 saturated carbocycles. The van der Waals surface area contributed by atoms with Gasteiger partial charge in [0, 0.05) is 11.4 Å². The van der Waals surface area contributed by atoms with Crippen molar-refractivity contribution >= 4 is 17.2 Å². The largest absolute Gasteiger partial charge is 0.350 e. The number of nitrogens with one attached hydrogen (secondary N) is 1. The minimum absolute atomic E-state index is 0.0661. The zero-order valence-corrected chi connectivity index (χ0v) is 14.8. The van der Waals surface area contributed by atoms with Crippen LogP contribution in [0.4, 0.5) is 0 Å². The molecule has 0 spiro atoms. The monoisotopic (exact) mass is 356 g/mol. The maximum atomic E-state index is 12.5. The van der Waals surface area contributed by atoms with E-state index in [2.05, 4.69) is 10.4 Å². The van der Waals surface area contributed by atoms with Crippen molar-refractivity contribution in [1.29, 1.82) is 0 Å². The molecule has 6 nitrogen and oxygen atoms in total. The van der Waals surface area contributed by atoms with Gasteiger partial charge in [0.1, 0.15) is 12.4 Å². The molecule has 0 radical (unpaired) electrons. The highest BCUT2D eigenvalue weighted by molar-refractivity contribution is 7.09. The molecular formula is C18H20N4O2S. The number of aromatic nitrogens is 3. The smallest absolute Gasteiger partial charge is 0.346 e. The van der Waals surface area contributed by atoms with Crippen molar-refractivity contribution in [3.8, 4) is 0 Å². The van der Waals surface area contributed by atoms with Gasteiger partial charge >= 0.3 is 5.69 Å². The zero-order chi connectivity index (χ0) is 17.6. The Kier molecular flexibility index (Phi) is 5.45. The molecule has 0 saturated heterocycles. The van der Waals surface area contributed by atoms with Crippen LogP contribution >= 0.6 is 11.3 Å². The Morgan fingerprint density at radius 1 is 1.20 bits per heavy atom. The Balaban J connectivity index is 1.61. The Labute approximate surface area is 149 Å². The first-order valence-corrected chi connectivity index (χ1v) is 8.98. The average Bonchev–Trinajstić information content (AvgIpc) is 3.22. The second-order valence-corrected chi connectivity index (χ2v) is 6.76. The lowest BCUT2D eigenvalue weighted by molar-refractivity contribution is -0.122. The van der Waals surface area contributed by atoms with Gasteiger partial charge in [0.25, 0.3) is 0 Å². The Hall–Kier alpha value is -2.67. The summed E-state index contributed by atoms with van der Waals surface area (Å²) < 4.78 is 2.84. The minimum Gasteiger partial charge on any atom is -0.350 e. The molecule has 1 N–H and O–H groups in total. The molecule has 0 unspecified atom stereocenters. The zero-order valence-electron chi connectivity index (χ0n) is 14.0. The van der Waals surface area contributed by atoms with Crippen LogP contribution in [0.5, 0.6) is 0 Å². The van der Waals surface area contributed by atoms with E-state index in [1.165, 1.54) is 4.68 Å². The summed E-state index contributed by atoms with van der Waals surface area (Å²) in [5, 5.41) is 8.99. The first-order valence-electron chi connectivity index (χ1n) is 8.11. The van der Waals surface area contributed by atoms with Gasteiger partial charge < -0.3 is 5.32 Å². The molecular weight excluding hydrogens is 336 g/mol. The van der Waals surface area contributed by atoms with Crippen LogP contribution in [-0.4, -0.2) is 20.3 Å². The van der Waals surface area contributed by atoms with Crippen LogP contribution in [-0.2, 0) is 30.8 Å². The molecule has 0 fully saturated rings. The van der Waals surface area contributed by atoms with E-state index in [0.29, 0.717) is 18.9 Å². The van der Waals surface area contributed by atoms with Crippen LogP contribution in [0.1, 0.15) is 16.3 Å². The average molecular weight is 356 g/mol. The molecule has 3 aromatic rings. The van der Waals surface area contributed by atoms with E-state index < -0.39 is 0 Å². The third-order valence-electron chi connectivity index (χ3n) is 3.91. The Bertz CT molecular complexity index is 882. The van der Waals surface area contributed by atoms with Gasteiger partial charge in [-0.1, -0.05) is 36.4 Å². The number of aryl methyl sites for hydroxylation is 2. The summed E-state index contributed by atoms with van der Waals surface area (Å²) in [6.07, 6.45) is 0.748. The molecule has 0 aliphatic carbocycles. The number of rotatable bonds is 7. The van der Waals surface area contributed by atoms with Crippen molar-refractivity contribution < 1.29 is 4.79 Å². The molecule has 0 aliphatic rings. The lowest BCUT2D eigenvalue weighted by Crippen LogP contribution is -2.33. The van der Waals surface area contributed by atoms with E-state index >= 15 is 0 Å². The number of hydrogen-bond acceptors (Lipinski definition) is 4. The highest BCUT2D eigenvalue weighted by Crippen LogP contribution is 2.07. The quantitative estimate of drug-likeness (QED) is 0.704. The van der Waals surface area contributed by atoms with E-state index in [0.717, 1.165) is 16.9 Å². The van der Waals surface area contributed by atoms with Gasteiger partial charge in [-0.05, 0) is 30.4 Å². The Morgan fingerprint density at radius 2 is 2.00 bits per heavy atom. The van der Waals surface area contributed by atoms with Crippen LogP contribution in [0, 0.1) is 6.92 Å². The molecule has 0 bridgehead atoms. The standard InChI is InChI=1S/C18H20N4O2S/c1-14-20-22(13-17(23)19-12-16-8-5-11-25-16)18(24)21(14)10-9-15-6-3-2-4-7-15/h2-8,11H,9-10,12-13H2,1H3,(H,19,23). The maximum Gasteiger partial charge on any atom is 0.346 e. The molecule has 3 rings (SSSR count). The number of carbonyl (C=O) groups excluding carboxylic acids is 1. The van der Waals surface area contributed by atoms with Crippen LogP contribution in [0.2, 0.25) is 0 Å². The molecule has 2 aromatic heterocycles. The van der Waals surface area contributed by atoms with E-state index in [9.17, 15) is 9.59 Å². The summed E-state index contributed by atoms with van der Waals surface area (Å²) in [5.41, 5.74) is 0.912. The van der Waals surface area contributed by atoms with Crippen molar-refractivity contribution in [2.75, 3.05) is 0 Å². The predicted octanol–water partition coefficient (Wildman–Crippen LogP) is 1.97. The molecule has 2 heterocycles. The fourth-order valence-corrected chi connectivity index (χ4v) is 3.23. The number of thiophene rings is 1. The summed E-state index contributed by atoms with van der Waals surface area (Å²) in [6.45, 7) is 2.74. The third-order valence-corrected chi connectivity index (χ3v) is 4.78. The number of amides is 1. The third kappa shape index (κ3) is 4.45. The number of benzene rings is 1. The van der Waals surface area contributed by atoms with Crippen molar-refractivity contribution in [3.63, 3.8) is 0 Å². The van der Waals surface area contributed by atoms with Crippen LogP contribution in [0.3, 0.4) is 0 Å². The molecule has 130 valence electrons. The first-order chi connectivity index (χ1) is 12.1. The summed E-state index contributed by atoms with van der Waals surface area (Å²) in [5.74, 6) is 0.398. The van der Waals surface area contributed by atoms with Crippen molar-refractivity contribution in [1.82, 2.24) is 19.7 Å². The van der Waals surface area contributed by atoms with Gasteiger partial charge in [-0.3, -0.25) is 9.36 Å². The topological polar surface area (TPSA) is 68.9 Å². The highest BCUT2D eigenvalue weighted by Gasteiger charge is 2.13. The van der Waals surface area contributed by atoms with Gasteiger partial charge in [0.15, 0.2) is 0 Å². The maximum absolute atomic E-state index is 12.5. The normalized spacial score (nSPS) is 10.8. The fourth-order valence-electron chi connectivity index (χ4n) is 2.59. The molecule has 1 aromatic carbocycles. The van der Waals surface area contributed by atoms with E-state index in [1.807, 2.05) is 47.8 Å². The second kappa shape index (κ2) is 7.94. The Morgan fingerprint density at radius 3 is 2.72 bits per heavy atom. The molecule has 25 heavy (non-hydrogen) atoms. The van der Waals surface area contributed by atoms with Gasteiger partial charge in [-0.15, -0.1) is 11.3 Å².